The maximum Gasteiger partial charge on any atom is 0.488 e. The molecule has 0 saturated carbocycles. The van der Waals surface area contributed by atoms with Gasteiger partial charge in [-0.25, -0.2) is 9.59 Å². The third kappa shape index (κ3) is 3.58. The van der Waals surface area contributed by atoms with E-state index in [0.717, 1.165) is 6.92 Å². The summed E-state index contributed by atoms with van der Waals surface area (Å²) in [6.45, 7) is 0.993. The smallest absolute Gasteiger partial charge is 0.479 e. The Labute approximate surface area is 120 Å². The van der Waals surface area contributed by atoms with E-state index in [4.69, 9.17) is 0 Å². The fourth-order valence-electron chi connectivity index (χ4n) is 1.93. The standard InChI is InChI=1S/C12H14BNO7/c1-7(15)14-12(10(16)17,11(18)19)6-8-4-2-3-5-9(8)13(20)21/h2-5,20-21H,6H2,1H3,(H,14,15)(H,16,17)(H,18,19). The number of benzene rings is 1. The quantitative estimate of drug-likeness (QED) is 0.300. The summed E-state index contributed by atoms with van der Waals surface area (Å²) in [7, 11) is -1.89. The first-order valence-electron chi connectivity index (χ1n) is 5.90. The monoisotopic (exact) mass is 295 g/mol. The van der Waals surface area contributed by atoms with E-state index < -0.39 is 36.9 Å². The lowest BCUT2D eigenvalue weighted by Crippen LogP contribution is -2.61. The van der Waals surface area contributed by atoms with Gasteiger partial charge in [0, 0.05) is 13.3 Å². The van der Waals surface area contributed by atoms with Gasteiger partial charge in [-0.15, -0.1) is 0 Å². The molecule has 9 heteroatoms. The van der Waals surface area contributed by atoms with Gasteiger partial charge in [0.05, 0.1) is 0 Å². The number of hydrogen-bond donors (Lipinski definition) is 5. The molecule has 1 rings (SSSR count). The average Bonchev–Trinajstić information content (AvgIpc) is 2.37. The Morgan fingerprint density at radius 1 is 1.14 bits per heavy atom. The number of carbonyl (C=O) groups excluding carboxylic acids is 1. The van der Waals surface area contributed by atoms with Crippen molar-refractivity contribution in [2.75, 3.05) is 0 Å². The Kier molecular flexibility index (Phi) is 5.06. The van der Waals surface area contributed by atoms with Crippen LogP contribution in [-0.2, 0) is 20.8 Å². The van der Waals surface area contributed by atoms with Crippen molar-refractivity contribution >= 4 is 30.4 Å². The fraction of sp³-hybridized carbons (Fsp3) is 0.250. The zero-order chi connectivity index (χ0) is 16.2. The molecule has 1 aromatic carbocycles. The highest BCUT2D eigenvalue weighted by Crippen LogP contribution is 2.15. The van der Waals surface area contributed by atoms with Crippen molar-refractivity contribution in [3.63, 3.8) is 0 Å². The highest BCUT2D eigenvalue weighted by Gasteiger charge is 2.48. The van der Waals surface area contributed by atoms with E-state index >= 15 is 0 Å². The van der Waals surface area contributed by atoms with Crippen LogP contribution in [0, 0.1) is 0 Å². The second-order valence-electron chi connectivity index (χ2n) is 4.45. The summed E-state index contributed by atoms with van der Waals surface area (Å²) in [5.74, 6) is -4.35. The van der Waals surface area contributed by atoms with Gasteiger partial charge in [0.25, 0.3) is 0 Å². The molecule has 0 aliphatic heterocycles. The van der Waals surface area contributed by atoms with Crippen LogP contribution in [0.5, 0.6) is 0 Å². The lowest BCUT2D eigenvalue weighted by molar-refractivity contribution is -0.161. The lowest BCUT2D eigenvalue weighted by atomic mass is 9.74. The summed E-state index contributed by atoms with van der Waals surface area (Å²) in [6.07, 6.45) is -0.634. The Hall–Kier alpha value is -2.39. The zero-order valence-electron chi connectivity index (χ0n) is 11.1. The number of carboxylic acid groups (broad SMARTS) is 2. The van der Waals surface area contributed by atoms with Crippen LogP contribution in [0.15, 0.2) is 24.3 Å². The minimum atomic E-state index is -2.59. The molecule has 0 saturated heterocycles. The minimum Gasteiger partial charge on any atom is -0.479 e. The van der Waals surface area contributed by atoms with E-state index in [2.05, 4.69) is 0 Å². The second-order valence-corrected chi connectivity index (χ2v) is 4.45. The SMILES string of the molecule is CC(=O)NC(Cc1ccccc1B(O)O)(C(=O)O)C(=O)O. The molecular formula is C12H14BNO7. The third-order valence-electron chi connectivity index (χ3n) is 2.91. The van der Waals surface area contributed by atoms with Gasteiger partial charge >= 0.3 is 19.1 Å². The number of carbonyl (C=O) groups is 3. The maximum absolute atomic E-state index is 11.4. The minimum absolute atomic E-state index is 0.0327. The number of amides is 1. The summed E-state index contributed by atoms with van der Waals surface area (Å²) in [4.78, 5) is 33.9. The molecule has 21 heavy (non-hydrogen) atoms. The number of carboxylic acids is 2. The van der Waals surface area contributed by atoms with Gasteiger partial charge in [0.15, 0.2) is 0 Å². The molecule has 0 heterocycles. The molecule has 0 aromatic heterocycles. The fourth-order valence-corrected chi connectivity index (χ4v) is 1.93. The van der Waals surface area contributed by atoms with E-state index in [1.54, 1.807) is 0 Å². The van der Waals surface area contributed by atoms with Crippen LogP contribution in [0.25, 0.3) is 0 Å². The maximum atomic E-state index is 11.4. The molecule has 8 nitrogen and oxygen atoms in total. The molecule has 112 valence electrons. The summed E-state index contributed by atoms with van der Waals surface area (Å²) in [5.41, 5.74) is -2.53. The van der Waals surface area contributed by atoms with Crippen molar-refractivity contribution in [1.82, 2.24) is 5.32 Å². The van der Waals surface area contributed by atoms with Crippen molar-refractivity contribution in [2.45, 2.75) is 18.9 Å². The van der Waals surface area contributed by atoms with E-state index in [1.165, 1.54) is 24.3 Å². The summed E-state index contributed by atoms with van der Waals surface area (Å²) >= 11 is 0. The van der Waals surface area contributed by atoms with Crippen molar-refractivity contribution in [1.29, 1.82) is 0 Å². The molecule has 0 bridgehead atoms. The lowest BCUT2D eigenvalue weighted by Gasteiger charge is -2.26. The topological polar surface area (TPSA) is 144 Å². The average molecular weight is 295 g/mol. The predicted octanol–water partition coefficient (Wildman–Crippen LogP) is -2.05. The summed E-state index contributed by atoms with van der Waals surface area (Å²) < 4.78 is 0. The van der Waals surface area contributed by atoms with Gasteiger partial charge in [-0.3, -0.25) is 4.79 Å². The third-order valence-corrected chi connectivity index (χ3v) is 2.91. The number of aliphatic carboxylic acids is 2. The first kappa shape index (κ1) is 16.7. The van der Waals surface area contributed by atoms with Crippen LogP contribution in [-0.4, -0.2) is 50.8 Å². The first-order chi connectivity index (χ1) is 9.70. The molecule has 0 fully saturated rings. The number of nitrogens with one attached hydrogen (secondary N) is 1. The Morgan fingerprint density at radius 3 is 2.10 bits per heavy atom. The molecule has 0 unspecified atom stereocenters. The second kappa shape index (κ2) is 6.38. The van der Waals surface area contributed by atoms with Gasteiger partial charge in [-0.1, -0.05) is 24.3 Å². The van der Waals surface area contributed by atoms with Crippen molar-refractivity contribution in [2.24, 2.45) is 0 Å². The van der Waals surface area contributed by atoms with Crippen LogP contribution in [0.3, 0.4) is 0 Å². The highest BCUT2D eigenvalue weighted by molar-refractivity contribution is 6.59. The van der Waals surface area contributed by atoms with Crippen molar-refractivity contribution < 1.29 is 34.6 Å². The van der Waals surface area contributed by atoms with Crippen molar-refractivity contribution in [3.8, 4) is 0 Å². The van der Waals surface area contributed by atoms with Gasteiger partial charge in [0.2, 0.25) is 11.4 Å². The molecule has 0 atom stereocenters. The van der Waals surface area contributed by atoms with Gasteiger partial charge in [0.1, 0.15) is 0 Å². The van der Waals surface area contributed by atoms with E-state index in [-0.39, 0.29) is 11.0 Å². The van der Waals surface area contributed by atoms with Crippen molar-refractivity contribution in [3.05, 3.63) is 29.8 Å². The van der Waals surface area contributed by atoms with E-state index in [1.807, 2.05) is 5.32 Å². The molecule has 0 spiro atoms. The normalized spacial score (nSPS) is 10.8. The molecule has 1 amide bonds. The summed E-state index contributed by atoms with van der Waals surface area (Å²) in [5, 5.41) is 38.8. The summed E-state index contributed by atoms with van der Waals surface area (Å²) in [6, 6.07) is 5.66. The predicted molar refractivity (Wildman–Crippen MR) is 71.8 cm³/mol. The van der Waals surface area contributed by atoms with E-state index in [9.17, 15) is 34.6 Å². The van der Waals surface area contributed by atoms with Crippen LogP contribution in [0.2, 0.25) is 0 Å². The number of hydrogen-bond acceptors (Lipinski definition) is 5. The van der Waals surface area contributed by atoms with Crippen LogP contribution in [0.1, 0.15) is 12.5 Å². The Bertz CT molecular complexity index is 558. The largest absolute Gasteiger partial charge is 0.488 e. The number of rotatable bonds is 6. The Morgan fingerprint density at radius 2 is 1.67 bits per heavy atom. The Balaban J connectivity index is 3.33. The molecule has 0 aliphatic carbocycles. The van der Waals surface area contributed by atoms with Crippen LogP contribution in [0.4, 0.5) is 0 Å². The van der Waals surface area contributed by atoms with Crippen LogP contribution >= 0.6 is 0 Å². The molecule has 1 aromatic rings. The van der Waals surface area contributed by atoms with Gasteiger partial charge in [-0.05, 0) is 11.0 Å². The molecule has 0 radical (unpaired) electrons. The van der Waals surface area contributed by atoms with Crippen LogP contribution < -0.4 is 10.8 Å². The van der Waals surface area contributed by atoms with E-state index in [0.29, 0.717) is 0 Å². The first-order valence-corrected chi connectivity index (χ1v) is 5.90. The highest BCUT2D eigenvalue weighted by atomic mass is 16.4. The molecule has 5 N–H and O–H groups in total. The van der Waals surface area contributed by atoms with Gasteiger partial charge < -0.3 is 25.6 Å². The molecule has 0 aliphatic rings. The molecular weight excluding hydrogens is 281 g/mol. The van der Waals surface area contributed by atoms with Gasteiger partial charge in [-0.2, -0.15) is 0 Å². The zero-order valence-corrected chi connectivity index (χ0v) is 11.1.